The van der Waals surface area contributed by atoms with Gasteiger partial charge in [0.1, 0.15) is 5.82 Å². The van der Waals surface area contributed by atoms with Crippen molar-refractivity contribution in [2.75, 3.05) is 11.9 Å². The summed E-state index contributed by atoms with van der Waals surface area (Å²) in [5.74, 6) is 0.164. The second-order valence-corrected chi connectivity index (χ2v) is 5.18. The Morgan fingerprint density at radius 1 is 1.50 bits per heavy atom. The molecule has 0 aromatic heterocycles. The highest BCUT2D eigenvalue weighted by atomic mass is 79.9. The summed E-state index contributed by atoms with van der Waals surface area (Å²) in [4.78, 5) is 0. The second kappa shape index (κ2) is 6.15. The molecule has 0 aliphatic carbocycles. The highest BCUT2D eigenvalue weighted by molar-refractivity contribution is 9.10. The summed E-state index contributed by atoms with van der Waals surface area (Å²) in [5, 5.41) is 6.27. The van der Waals surface area contributed by atoms with Crippen LogP contribution >= 0.6 is 28.1 Å². The van der Waals surface area contributed by atoms with Crippen LogP contribution in [-0.4, -0.2) is 11.7 Å². The van der Waals surface area contributed by atoms with Crippen molar-refractivity contribution in [1.82, 2.24) is 5.32 Å². The smallest absolute Gasteiger partial charge is 0.170 e. The summed E-state index contributed by atoms with van der Waals surface area (Å²) in [6.45, 7) is 4.93. The zero-order chi connectivity index (χ0) is 12.1. The summed E-state index contributed by atoms with van der Waals surface area (Å²) in [6, 6.07) is 4.80. The first kappa shape index (κ1) is 13.4. The number of benzene rings is 1. The quantitative estimate of drug-likeness (QED) is 0.835. The molecule has 1 aromatic rings. The maximum atomic E-state index is 13.4. The van der Waals surface area contributed by atoms with Crippen molar-refractivity contribution in [3.63, 3.8) is 0 Å². The van der Waals surface area contributed by atoms with Gasteiger partial charge in [0.05, 0.1) is 5.69 Å². The van der Waals surface area contributed by atoms with Crippen LogP contribution in [0.1, 0.15) is 13.8 Å². The van der Waals surface area contributed by atoms with Gasteiger partial charge < -0.3 is 10.6 Å². The third-order valence-corrected chi connectivity index (χ3v) is 2.59. The molecule has 0 radical (unpaired) electrons. The van der Waals surface area contributed by atoms with Gasteiger partial charge in [-0.1, -0.05) is 29.8 Å². The summed E-state index contributed by atoms with van der Waals surface area (Å²) in [6.07, 6.45) is 0. The first-order valence-electron chi connectivity index (χ1n) is 4.99. The van der Waals surface area contributed by atoms with E-state index >= 15 is 0 Å². The Morgan fingerprint density at radius 2 is 2.19 bits per heavy atom. The van der Waals surface area contributed by atoms with Gasteiger partial charge in [0.15, 0.2) is 5.11 Å². The number of halogens is 2. The molecule has 1 rings (SSSR count). The molecule has 0 bridgehead atoms. The average molecular weight is 305 g/mol. The number of anilines is 1. The lowest BCUT2D eigenvalue weighted by molar-refractivity contribution is 0.624. The molecule has 0 saturated heterocycles. The predicted octanol–water partition coefficient (Wildman–Crippen LogP) is 3.53. The van der Waals surface area contributed by atoms with Crippen LogP contribution in [-0.2, 0) is 0 Å². The normalized spacial score (nSPS) is 10.3. The minimum absolute atomic E-state index is 0.330. The Kier molecular flexibility index (Phi) is 5.15. The SMILES string of the molecule is CC(C)CNC(=S)Nc1ccc(Br)cc1F. The maximum absolute atomic E-state index is 13.4. The molecule has 2 nitrogen and oxygen atoms in total. The van der Waals surface area contributed by atoms with Gasteiger partial charge in [-0.2, -0.15) is 0 Å². The molecule has 0 fully saturated rings. The van der Waals surface area contributed by atoms with E-state index in [1.54, 1.807) is 12.1 Å². The Bertz CT molecular complexity index is 382. The summed E-state index contributed by atoms with van der Waals surface area (Å²) in [5.41, 5.74) is 0.379. The molecule has 0 spiro atoms. The molecular formula is C11H14BrFN2S. The van der Waals surface area contributed by atoms with E-state index in [2.05, 4.69) is 40.4 Å². The monoisotopic (exact) mass is 304 g/mol. The van der Waals surface area contributed by atoms with Crippen LogP contribution < -0.4 is 10.6 Å². The Labute approximate surface area is 109 Å². The second-order valence-electron chi connectivity index (χ2n) is 3.85. The van der Waals surface area contributed by atoms with Crippen LogP contribution in [0.4, 0.5) is 10.1 Å². The van der Waals surface area contributed by atoms with E-state index < -0.39 is 0 Å². The van der Waals surface area contributed by atoms with Crippen LogP contribution in [0, 0.1) is 11.7 Å². The van der Waals surface area contributed by atoms with E-state index in [9.17, 15) is 4.39 Å². The fourth-order valence-corrected chi connectivity index (χ4v) is 1.58. The molecule has 0 atom stereocenters. The van der Waals surface area contributed by atoms with E-state index in [-0.39, 0.29) is 5.82 Å². The van der Waals surface area contributed by atoms with E-state index in [4.69, 9.17) is 12.2 Å². The highest BCUT2D eigenvalue weighted by Crippen LogP contribution is 2.19. The van der Waals surface area contributed by atoms with Gasteiger partial charge in [0.2, 0.25) is 0 Å². The highest BCUT2D eigenvalue weighted by Gasteiger charge is 2.04. The van der Waals surface area contributed by atoms with Crippen LogP contribution in [0.15, 0.2) is 22.7 Å². The van der Waals surface area contributed by atoms with Crippen molar-refractivity contribution in [1.29, 1.82) is 0 Å². The van der Waals surface area contributed by atoms with Crippen molar-refractivity contribution in [2.24, 2.45) is 5.92 Å². The van der Waals surface area contributed by atoms with Crippen LogP contribution in [0.5, 0.6) is 0 Å². The van der Waals surface area contributed by atoms with E-state index in [1.165, 1.54) is 6.07 Å². The largest absolute Gasteiger partial charge is 0.362 e. The van der Waals surface area contributed by atoms with Gasteiger partial charge in [-0.15, -0.1) is 0 Å². The molecule has 2 N–H and O–H groups in total. The molecule has 0 unspecified atom stereocenters. The fraction of sp³-hybridized carbons (Fsp3) is 0.364. The van der Waals surface area contributed by atoms with Crippen molar-refractivity contribution in [2.45, 2.75) is 13.8 Å². The molecule has 1 aromatic carbocycles. The topological polar surface area (TPSA) is 24.1 Å². The van der Waals surface area contributed by atoms with Gasteiger partial charge in [0, 0.05) is 11.0 Å². The summed E-state index contributed by atoms with van der Waals surface area (Å²) in [7, 11) is 0. The molecule has 0 aliphatic heterocycles. The standard InChI is InChI=1S/C11H14BrFN2S/c1-7(2)6-14-11(16)15-10-4-3-8(12)5-9(10)13/h3-5,7H,6H2,1-2H3,(H2,14,15,16). The summed E-state index contributed by atoms with van der Waals surface area (Å²) >= 11 is 8.24. The zero-order valence-electron chi connectivity index (χ0n) is 9.18. The first-order chi connectivity index (χ1) is 7.49. The van der Waals surface area contributed by atoms with Crippen LogP contribution in [0.25, 0.3) is 0 Å². The minimum atomic E-state index is -0.330. The lowest BCUT2D eigenvalue weighted by atomic mass is 10.2. The van der Waals surface area contributed by atoms with Crippen molar-refractivity contribution >= 4 is 38.9 Å². The van der Waals surface area contributed by atoms with Gasteiger partial charge in [0.25, 0.3) is 0 Å². The van der Waals surface area contributed by atoms with E-state index in [0.29, 0.717) is 21.2 Å². The lowest BCUT2D eigenvalue weighted by Crippen LogP contribution is -2.31. The Morgan fingerprint density at radius 3 is 2.75 bits per heavy atom. The molecule has 0 aliphatic rings. The number of thiocarbonyl (C=S) groups is 1. The molecule has 16 heavy (non-hydrogen) atoms. The first-order valence-corrected chi connectivity index (χ1v) is 6.19. The van der Waals surface area contributed by atoms with Crippen molar-refractivity contribution < 1.29 is 4.39 Å². The van der Waals surface area contributed by atoms with Crippen LogP contribution in [0.3, 0.4) is 0 Å². The average Bonchev–Trinajstić information content (AvgIpc) is 2.19. The molecule has 5 heteroatoms. The maximum Gasteiger partial charge on any atom is 0.170 e. The number of rotatable bonds is 3. The Hall–Kier alpha value is -0.680. The zero-order valence-corrected chi connectivity index (χ0v) is 11.6. The van der Waals surface area contributed by atoms with Crippen LogP contribution in [0.2, 0.25) is 0 Å². The predicted molar refractivity (Wildman–Crippen MR) is 73.2 cm³/mol. The van der Waals surface area contributed by atoms with E-state index in [0.717, 1.165) is 6.54 Å². The Balaban J connectivity index is 2.56. The van der Waals surface area contributed by atoms with Gasteiger partial charge >= 0.3 is 0 Å². The van der Waals surface area contributed by atoms with Gasteiger partial charge in [-0.3, -0.25) is 0 Å². The third kappa shape index (κ3) is 4.45. The minimum Gasteiger partial charge on any atom is -0.362 e. The van der Waals surface area contributed by atoms with E-state index in [1.807, 2.05) is 0 Å². The lowest BCUT2D eigenvalue weighted by Gasteiger charge is -2.12. The van der Waals surface area contributed by atoms with Crippen molar-refractivity contribution in [3.05, 3.63) is 28.5 Å². The molecular weight excluding hydrogens is 291 g/mol. The molecule has 88 valence electrons. The van der Waals surface area contributed by atoms with Gasteiger partial charge in [-0.05, 0) is 36.3 Å². The van der Waals surface area contributed by atoms with Crippen molar-refractivity contribution in [3.8, 4) is 0 Å². The van der Waals surface area contributed by atoms with Gasteiger partial charge in [-0.25, -0.2) is 4.39 Å². The third-order valence-electron chi connectivity index (χ3n) is 1.85. The summed E-state index contributed by atoms with van der Waals surface area (Å²) < 4.78 is 14.1. The fourth-order valence-electron chi connectivity index (χ4n) is 1.05. The number of nitrogens with one attached hydrogen (secondary N) is 2. The number of hydrogen-bond acceptors (Lipinski definition) is 1. The molecule has 0 heterocycles. The number of hydrogen-bond donors (Lipinski definition) is 2. The molecule has 0 amide bonds. The molecule has 0 saturated carbocycles.